The van der Waals surface area contributed by atoms with Crippen molar-refractivity contribution in [1.29, 1.82) is 0 Å². The van der Waals surface area contributed by atoms with E-state index in [2.05, 4.69) is 26.5 Å². The van der Waals surface area contributed by atoms with E-state index in [9.17, 15) is 5.11 Å². The molecule has 0 unspecified atom stereocenters. The molecule has 3 aliphatic carbocycles. The molecule has 0 aromatic rings. The van der Waals surface area contributed by atoms with Gasteiger partial charge in [0.2, 0.25) is 0 Å². The van der Waals surface area contributed by atoms with Gasteiger partial charge >= 0.3 is 0 Å². The second-order valence-corrected chi connectivity index (χ2v) is 5.38. The molecule has 0 radical (unpaired) electrons. The molecule has 0 amide bonds. The summed E-state index contributed by atoms with van der Waals surface area (Å²) in [5, 5.41) is 9.75. The highest BCUT2D eigenvalue weighted by Gasteiger charge is 2.56. The van der Waals surface area contributed by atoms with Crippen molar-refractivity contribution in [3.63, 3.8) is 0 Å². The van der Waals surface area contributed by atoms with Gasteiger partial charge < -0.3 is 5.11 Å². The van der Waals surface area contributed by atoms with Crippen LogP contribution in [-0.2, 0) is 0 Å². The van der Waals surface area contributed by atoms with E-state index in [1.54, 1.807) is 0 Å². The van der Waals surface area contributed by atoms with Crippen LogP contribution in [0, 0.1) is 23.2 Å². The normalized spacial score (nSPS) is 50.0. The van der Waals surface area contributed by atoms with E-state index in [0.717, 1.165) is 24.0 Å². The molecular formula is C10H18OS. The van der Waals surface area contributed by atoms with E-state index < -0.39 is 0 Å². The molecule has 3 aliphatic rings. The first-order valence-electron chi connectivity index (χ1n) is 4.86. The third-order valence-electron chi connectivity index (χ3n) is 4.29. The second-order valence-electron chi connectivity index (χ2n) is 5.01. The van der Waals surface area contributed by atoms with Crippen LogP contribution < -0.4 is 0 Å². The van der Waals surface area contributed by atoms with Crippen LogP contribution in [0.2, 0.25) is 0 Å². The molecule has 0 aromatic carbocycles. The number of aliphatic hydroxyl groups excluding tert-OH is 1. The largest absolute Gasteiger partial charge is 0.393 e. The molecule has 0 aliphatic heterocycles. The number of fused-ring (bicyclic) bond motifs is 2. The molecule has 0 saturated heterocycles. The Bertz CT molecular complexity index is 190. The Morgan fingerprint density at radius 2 is 2.08 bits per heavy atom. The van der Waals surface area contributed by atoms with Gasteiger partial charge in [0.25, 0.3) is 0 Å². The van der Waals surface area contributed by atoms with Crippen LogP contribution in [-0.4, -0.2) is 17.0 Å². The Morgan fingerprint density at radius 1 is 1.42 bits per heavy atom. The number of hydrogen-bond acceptors (Lipinski definition) is 2. The molecule has 3 fully saturated rings. The van der Waals surface area contributed by atoms with Crippen molar-refractivity contribution in [3.05, 3.63) is 0 Å². The second kappa shape index (κ2) is 2.65. The van der Waals surface area contributed by atoms with Crippen LogP contribution in [0.15, 0.2) is 0 Å². The SMILES string of the molecule is CC1(C)[C@H]2C[C@H](O)[C@@H](CS)[C@@H]1C2. The van der Waals surface area contributed by atoms with Crippen molar-refractivity contribution in [2.75, 3.05) is 5.75 Å². The van der Waals surface area contributed by atoms with Crippen molar-refractivity contribution < 1.29 is 5.11 Å². The van der Waals surface area contributed by atoms with Gasteiger partial charge in [-0.15, -0.1) is 0 Å². The Labute approximate surface area is 80.0 Å². The zero-order chi connectivity index (χ0) is 8.93. The van der Waals surface area contributed by atoms with Gasteiger partial charge in [-0.05, 0) is 41.8 Å². The fourth-order valence-corrected chi connectivity index (χ4v) is 3.66. The summed E-state index contributed by atoms with van der Waals surface area (Å²) >= 11 is 4.32. The molecule has 4 atom stereocenters. The smallest absolute Gasteiger partial charge is 0.0581 e. The van der Waals surface area contributed by atoms with Crippen molar-refractivity contribution in [2.45, 2.75) is 32.8 Å². The molecule has 2 bridgehead atoms. The first kappa shape index (κ1) is 8.89. The van der Waals surface area contributed by atoms with Crippen molar-refractivity contribution in [1.82, 2.24) is 0 Å². The maximum Gasteiger partial charge on any atom is 0.0581 e. The van der Waals surface area contributed by atoms with Gasteiger partial charge in [-0.3, -0.25) is 0 Å². The van der Waals surface area contributed by atoms with E-state index in [0.29, 0.717) is 11.3 Å². The number of hydrogen-bond donors (Lipinski definition) is 2. The topological polar surface area (TPSA) is 20.2 Å². The lowest BCUT2D eigenvalue weighted by molar-refractivity contribution is -0.152. The maximum atomic E-state index is 9.75. The van der Waals surface area contributed by atoms with Crippen molar-refractivity contribution >= 4 is 12.6 Å². The van der Waals surface area contributed by atoms with Gasteiger partial charge in [0.15, 0.2) is 0 Å². The molecule has 0 heterocycles. The van der Waals surface area contributed by atoms with E-state index in [4.69, 9.17) is 0 Å². The molecule has 0 aromatic heterocycles. The molecule has 12 heavy (non-hydrogen) atoms. The van der Waals surface area contributed by atoms with E-state index >= 15 is 0 Å². The molecule has 1 N–H and O–H groups in total. The summed E-state index contributed by atoms with van der Waals surface area (Å²) in [5.74, 6) is 2.80. The van der Waals surface area contributed by atoms with Crippen molar-refractivity contribution in [2.24, 2.45) is 23.2 Å². The van der Waals surface area contributed by atoms with Gasteiger partial charge in [-0.25, -0.2) is 0 Å². The summed E-state index contributed by atoms with van der Waals surface area (Å²) in [7, 11) is 0. The Kier molecular flexibility index (Phi) is 1.96. The molecule has 70 valence electrons. The first-order chi connectivity index (χ1) is 5.57. The van der Waals surface area contributed by atoms with Crippen LogP contribution in [0.4, 0.5) is 0 Å². The number of rotatable bonds is 1. The van der Waals surface area contributed by atoms with E-state index in [-0.39, 0.29) is 6.10 Å². The Hall–Kier alpha value is 0.310. The molecular weight excluding hydrogens is 168 g/mol. The van der Waals surface area contributed by atoms with E-state index in [1.807, 2.05) is 0 Å². The van der Waals surface area contributed by atoms with Gasteiger partial charge in [-0.1, -0.05) is 13.8 Å². The highest BCUT2D eigenvalue weighted by Crippen LogP contribution is 2.61. The summed E-state index contributed by atoms with van der Waals surface area (Å²) in [6, 6.07) is 0. The summed E-state index contributed by atoms with van der Waals surface area (Å²) in [6.45, 7) is 4.68. The fraction of sp³-hybridized carbons (Fsp3) is 1.00. The zero-order valence-corrected chi connectivity index (χ0v) is 8.72. The first-order valence-corrected chi connectivity index (χ1v) is 5.49. The van der Waals surface area contributed by atoms with Crippen LogP contribution in [0.5, 0.6) is 0 Å². The van der Waals surface area contributed by atoms with Gasteiger partial charge in [-0.2, -0.15) is 12.6 Å². The maximum absolute atomic E-state index is 9.75. The number of thiol groups is 1. The highest BCUT2D eigenvalue weighted by molar-refractivity contribution is 7.80. The van der Waals surface area contributed by atoms with Crippen LogP contribution >= 0.6 is 12.6 Å². The zero-order valence-electron chi connectivity index (χ0n) is 7.83. The quantitative estimate of drug-likeness (QED) is 0.600. The van der Waals surface area contributed by atoms with Crippen LogP contribution in [0.25, 0.3) is 0 Å². The third kappa shape index (κ3) is 0.973. The molecule has 1 nitrogen and oxygen atoms in total. The predicted molar refractivity (Wildman–Crippen MR) is 53.3 cm³/mol. The molecule has 3 rings (SSSR count). The average Bonchev–Trinajstić information content (AvgIpc) is 2.03. The Balaban J connectivity index is 2.15. The van der Waals surface area contributed by atoms with Gasteiger partial charge in [0.05, 0.1) is 6.10 Å². The minimum Gasteiger partial charge on any atom is -0.393 e. The highest BCUT2D eigenvalue weighted by atomic mass is 32.1. The number of aliphatic hydroxyl groups is 1. The molecule has 0 spiro atoms. The molecule has 3 saturated carbocycles. The summed E-state index contributed by atoms with van der Waals surface area (Å²) in [5.41, 5.74) is 0.479. The van der Waals surface area contributed by atoms with Gasteiger partial charge in [0.1, 0.15) is 0 Å². The monoisotopic (exact) mass is 186 g/mol. The standard InChI is InChI=1S/C10H18OS/c1-10(2)6-3-8(10)7(5-12)9(11)4-6/h6-9,11-12H,3-5H2,1-2H3/t6-,7+,8+,9+/m1/s1. The van der Waals surface area contributed by atoms with Crippen molar-refractivity contribution in [3.8, 4) is 0 Å². The third-order valence-corrected chi connectivity index (χ3v) is 4.72. The summed E-state index contributed by atoms with van der Waals surface area (Å²) in [6.07, 6.45) is 2.27. The lowest BCUT2D eigenvalue weighted by Crippen LogP contribution is -2.58. The predicted octanol–water partition coefficient (Wildman–Crippen LogP) is 1.96. The molecule has 2 heteroatoms. The van der Waals surface area contributed by atoms with Gasteiger partial charge in [0, 0.05) is 0 Å². The summed E-state index contributed by atoms with van der Waals surface area (Å²) in [4.78, 5) is 0. The lowest BCUT2D eigenvalue weighted by atomic mass is 9.45. The Morgan fingerprint density at radius 3 is 2.50 bits per heavy atom. The minimum absolute atomic E-state index is 0.0701. The minimum atomic E-state index is -0.0701. The summed E-state index contributed by atoms with van der Waals surface area (Å²) < 4.78 is 0. The van der Waals surface area contributed by atoms with Crippen LogP contribution in [0.1, 0.15) is 26.7 Å². The van der Waals surface area contributed by atoms with E-state index in [1.165, 1.54) is 6.42 Å². The lowest BCUT2D eigenvalue weighted by Gasteiger charge is -2.61. The van der Waals surface area contributed by atoms with Crippen LogP contribution in [0.3, 0.4) is 0 Å². The average molecular weight is 186 g/mol. The fourth-order valence-electron chi connectivity index (χ4n) is 3.17.